The third kappa shape index (κ3) is 8.17. The van der Waals surface area contributed by atoms with E-state index in [2.05, 4.69) is 18.7 Å². The van der Waals surface area contributed by atoms with Crippen molar-refractivity contribution in [2.45, 2.75) is 39.0 Å². The van der Waals surface area contributed by atoms with Gasteiger partial charge in [0.05, 0.1) is 19.3 Å². The summed E-state index contributed by atoms with van der Waals surface area (Å²) in [6.45, 7) is 6.68. The molecular formula is C17H30N2O2. The minimum atomic E-state index is -0.464. The molecule has 0 radical (unpaired) electrons. The fourth-order valence-electron chi connectivity index (χ4n) is 2.09. The molecule has 0 heterocycles. The summed E-state index contributed by atoms with van der Waals surface area (Å²) in [5.74, 6) is 0.498. The molecule has 1 rings (SSSR count). The topological polar surface area (TPSA) is 58.7 Å². The molecule has 1 aromatic rings. The van der Waals surface area contributed by atoms with Gasteiger partial charge in [-0.3, -0.25) is 0 Å². The largest absolute Gasteiger partial charge is 0.389 e. The van der Waals surface area contributed by atoms with E-state index < -0.39 is 6.10 Å². The molecule has 3 N–H and O–H groups in total. The van der Waals surface area contributed by atoms with Gasteiger partial charge in [0.15, 0.2) is 0 Å². The molecule has 2 atom stereocenters. The standard InChI is InChI=1S/C17H30N2O2/c1-14(2)17(18)9-10-19(3)11-16(20)13-21-12-15-7-5-4-6-8-15/h4-8,14,16-17,20H,9-13,18H2,1-3H3. The minimum Gasteiger partial charge on any atom is -0.389 e. The third-order valence-corrected chi connectivity index (χ3v) is 3.64. The monoisotopic (exact) mass is 294 g/mol. The van der Waals surface area contributed by atoms with E-state index in [1.54, 1.807) is 0 Å². The highest BCUT2D eigenvalue weighted by Crippen LogP contribution is 2.05. The highest BCUT2D eigenvalue weighted by atomic mass is 16.5. The Hall–Kier alpha value is -0.940. The van der Waals surface area contributed by atoms with Crippen LogP contribution >= 0.6 is 0 Å². The quantitative estimate of drug-likeness (QED) is 0.691. The summed E-state index contributed by atoms with van der Waals surface area (Å²) in [7, 11) is 2.01. The summed E-state index contributed by atoms with van der Waals surface area (Å²) in [5, 5.41) is 9.97. The smallest absolute Gasteiger partial charge is 0.0900 e. The fourth-order valence-corrected chi connectivity index (χ4v) is 2.09. The zero-order chi connectivity index (χ0) is 15.7. The van der Waals surface area contributed by atoms with Crippen LogP contribution in [0.3, 0.4) is 0 Å². The first-order valence-corrected chi connectivity index (χ1v) is 7.73. The Bertz CT molecular complexity index is 370. The Morgan fingerprint density at radius 3 is 2.52 bits per heavy atom. The second-order valence-electron chi connectivity index (χ2n) is 6.11. The first-order chi connectivity index (χ1) is 9.99. The van der Waals surface area contributed by atoms with E-state index in [0.717, 1.165) is 18.5 Å². The first kappa shape index (κ1) is 18.1. The Balaban J connectivity index is 2.13. The van der Waals surface area contributed by atoms with Gasteiger partial charge >= 0.3 is 0 Å². The van der Waals surface area contributed by atoms with Gasteiger partial charge in [0, 0.05) is 12.6 Å². The van der Waals surface area contributed by atoms with Crippen molar-refractivity contribution >= 4 is 0 Å². The van der Waals surface area contributed by atoms with Gasteiger partial charge in [-0.1, -0.05) is 44.2 Å². The fraction of sp³-hybridized carbons (Fsp3) is 0.647. The zero-order valence-corrected chi connectivity index (χ0v) is 13.5. The van der Waals surface area contributed by atoms with Gasteiger partial charge in [0.1, 0.15) is 0 Å². The van der Waals surface area contributed by atoms with Crippen LogP contribution < -0.4 is 5.73 Å². The summed E-state index contributed by atoms with van der Waals surface area (Å²) in [4.78, 5) is 2.11. The van der Waals surface area contributed by atoms with Gasteiger partial charge in [0.2, 0.25) is 0 Å². The number of benzene rings is 1. The van der Waals surface area contributed by atoms with E-state index in [0.29, 0.717) is 25.7 Å². The molecule has 0 bridgehead atoms. The number of rotatable bonds is 10. The van der Waals surface area contributed by atoms with Gasteiger partial charge in [0.25, 0.3) is 0 Å². The maximum atomic E-state index is 9.97. The van der Waals surface area contributed by atoms with Crippen LogP contribution in [0.5, 0.6) is 0 Å². The van der Waals surface area contributed by atoms with Crippen molar-refractivity contribution in [3.63, 3.8) is 0 Å². The second-order valence-corrected chi connectivity index (χ2v) is 6.11. The van der Waals surface area contributed by atoms with Crippen LogP contribution in [0.4, 0.5) is 0 Å². The molecule has 0 aliphatic rings. The van der Waals surface area contributed by atoms with Gasteiger partial charge in [-0.25, -0.2) is 0 Å². The second kappa shape index (κ2) is 9.90. The molecule has 0 fully saturated rings. The number of ether oxygens (including phenoxy) is 1. The predicted molar refractivity (Wildman–Crippen MR) is 87.0 cm³/mol. The van der Waals surface area contributed by atoms with Crippen molar-refractivity contribution in [2.24, 2.45) is 11.7 Å². The van der Waals surface area contributed by atoms with E-state index in [-0.39, 0.29) is 6.04 Å². The molecule has 0 aliphatic heterocycles. The van der Waals surface area contributed by atoms with E-state index in [4.69, 9.17) is 10.5 Å². The third-order valence-electron chi connectivity index (χ3n) is 3.64. The number of likely N-dealkylation sites (N-methyl/N-ethyl adjacent to an activating group) is 1. The zero-order valence-electron chi connectivity index (χ0n) is 13.5. The van der Waals surface area contributed by atoms with Crippen LogP contribution in [0, 0.1) is 5.92 Å². The van der Waals surface area contributed by atoms with Crippen molar-refractivity contribution in [3.05, 3.63) is 35.9 Å². The average molecular weight is 294 g/mol. The van der Waals surface area contributed by atoms with Gasteiger partial charge in [-0.2, -0.15) is 0 Å². The lowest BCUT2D eigenvalue weighted by Gasteiger charge is -2.23. The van der Waals surface area contributed by atoms with Crippen molar-refractivity contribution in [1.29, 1.82) is 0 Å². The Morgan fingerprint density at radius 1 is 1.24 bits per heavy atom. The summed E-state index contributed by atoms with van der Waals surface area (Å²) in [6.07, 6.45) is 0.486. The number of aliphatic hydroxyl groups is 1. The highest BCUT2D eigenvalue weighted by Gasteiger charge is 2.12. The molecule has 1 aromatic carbocycles. The van der Waals surface area contributed by atoms with E-state index in [1.165, 1.54) is 0 Å². The molecule has 0 aromatic heterocycles. The molecule has 0 aliphatic carbocycles. The molecule has 4 nitrogen and oxygen atoms in total. The van der Waals surface area contributed by atoms with E-state index in [1.807, 2.05) is 37.4 Å². The molecule has 2 unspecified atom stereocenters. The van der Waals surface area contributed by atoms with Crippen molar-refractivity contribution < 1.29 is 9.84 Å². The number of aliphatic hydroxyl groups excluding tert-OH is 1. The summed E-state index contributed by atoms with van der Waals surface area (Å²) in [6, 6.07) is 10.2. The summed E-state index contributed by atoms with van der Waals surface area (Å²) >= 11 is 0. The Morgan fingerprint density at radius 2 is 1.90 bits per heavy atom. The first-order valence-electron chi connectivity index (χ1n) is 7.73. The van der Waals surface area contributed by atoms with Gasteiger partial charge in [-0.15, -0.1) is 0 Å². The van der Waals surface area contributed by atoms with Crippen LogP contribution in [-0.4, -0.2) is 48.9 Å². The highest BCUT2D eigenvalue weighted by molar-refractivity contribution is 5.13. The van der Waals surface area contributed by atoms with Crippen LogP contribution in [-0.2, 0) is 11.3 Å². The molecule has 120 valence electrons. The maximum Gasteiger partial charge on any atom is 0.0900 e. The predicted octanol–water partition coefficient (Wildman–Crippen LogP) is 1.87. The van der Waals surface area contributed by atoms with E-state index >= 15 is 0 Å². The van der Waals surface area contributed by atoms with Gasteiger partial charge < -0.3 is 20.5 Å². The molecule has 0 saturated heterocycles. The Kier molecular flexibility index (Phi) is 8.54. The lowest BCUT2D eigenvalue weighted by atomic mass is 10.0. The lowest BCUT2D eigenvalue weighted by molar-refractivity contribution is 0.0133. The van der Waals surface area contributed by atoms with Gasteiger partial charge in [-0.05, 0) is 31.5 Å². The van der Waals surface area contributed by atoms with Crippen LogP contribution in [0.2, 0.25) is 0 Å². The number of nitrogens with zero attached hydrogens (tertiary/aromatic N) is 1. The molecular weight excluding hydrogens is 264 g/mol. The van der Waals surface area contributed by atoms with Crippen LogP contribution in [0.1, 0.15) is 25.8 Å². The minimum absolute atomic E-state index is 0.221. The number of hydrogen-bond donors (Lipinski definition) is 2. The van der Waals surface area contributed by atoms with Crippen molar-refractivity contribution in [3.8, 4) is 0 Å². The number of nitrogens with two attached hydrogens (primary N) is 1. The van der Waals surface area contributed by atoms with E-state index in [9.17, 15) is 5.11 Å². The molecule has 4 heteroatoms. The molecule has 21 heavy (non-hydrogen) atoms. The van der Waals surface area contributed by atoms with Crippen LogP contribution in [0.15, 0.2) is 30.3 Å². The van der Waals surface area contributed by atoms with Crippen LogP contribution in [0.25, 0.3) is 0 Å². The number of hydrogen-bond acceptors (Lipinski definition) is 4. The lowest BCUT2D eigenvalue weighted by Crippen LogP contribution is -2.36. The molecule has 0 saturated carbocycles. The SMILES string of the molecule is CC(C)C(N)CCN(C)CC(O)COCc1ccccc1. The Labute approximate surface area is 128 Å². The normalized spacial score (nSPS) is 14.6. The molecule has 0 amide bonds. The summed E-state index contributed by atoms with van der Waals surface area (Å²) < 4.78 is 5.54. The molecule has 0 spiro atoms. The maximum absolute atomic E-state index is 9.97. The average Bonchev–Trinajstić information content (AvgIpc) is 2.45. The summed E-state index contributed by atoms with van der Waals surface area (Å²) in [5.41, 5.74) is 7.15. The van der Waals surface area contributed by atoms with Crippen molar-refractivity contribution in [2.75, 3.05) is 26.7 Å². The van der Waals surface area contributed by atoms with Crippen molar-refractivity contribution in [1.82, 2.24) is 4.90 Å².